The monoisotopic (exact) mass is 454 g/mol. The molecular weight excluding hydrogens is 432 g/mol. The lowest BCUT2D eigenvalue weighted by Gasteiger charge is -2.04. The average molecular weight is 455 g/mol. The van der Waals surface area contributed by atoms with Crippen molar-refractivity contribution in [1.82, 2.24) is 9.97 Å². The number of aromatic amines is 1. The molecule has 1 amide bonds. The van der Waals surface area contributed by atoms with Gasteiger partial charge in [0.05, 0.1) is 11.9 Å². The predicted octanol–water partition coefficient (Wildman–Crippen LogP) is 4.62. The van der Waals surface area contributed by atoms with Crippen molar-refractivity contribution in [3.05, 3.63) is 65.7 Å². The van der Waals surface area contributed by atoms with Gasteiger partial charge in [-0.05, 0) is 36.6 Å². The molecule has 0 bridgehead atoms. The number of aromatic nitrogens is 2. The summed E-state index contributed by atoms with van der Waals surface area (Å²) in [5.74, 6) is -0.0616. The Morgan fingerprint density at radius 1 is 1.13 bits per heavy atom. The summed E-state index contributed by atoms with van der Waals surface area (Å²) < 4.78 is 25.0. The maximum absolute atomic E-state index is 12.3. The number of H-pyrrole nitrogens is 1. The molecule has 4 rings (SSSR count). The van der Waals surface area contributed by atoms with Gasteiger partial charge in [0, 0.05) is 40.2 Å². The first-order valence-electron chi connectivity index (χ1n) is 9.76. The molecule has 0 aliphatic rings. The Balaban J connectivity index is 1.30. The van der Waals surface area contributed by atoms with Crippen LogP contribution < -0.4 is 10.0 Å². The molecule has 31 heavy (non-hydrogen) atoms. The Kier molecular flexibility index (Phi) is 6.06. The number of anilines is 2. The molecule has 0 saturated carbocycles. The van der Waals surface area contributed by atoms with Crippen LogP contribution in [0.15, 0.2) is 60.1 Å². The number of amides is 1. The lowest BCUT2D eigenvalue weighted by Crippen LogP contribution is -2.11. The molecule has 0 fully saturated rings. The second-order valence-electron chi connectivity index (χ2n) is 7.25. The highest BCUT2D eigenvalue weighted by Crippen LogP contribution is 2.26. The predicted molar refractivity (Wildman–Crippen MR) is 126 cm³/mol. The van der Waals surface area contributed by atoms with Gasteiger partial charge in [-0.3, -0.25) is 9.52 Å². The number of rotatable bonds is 8. The molecule has 7 nitrogen and oxygen atoms in total. The van der Waals surface area contributed by atoms with Gasteiger partial charge in [-0.25, -0.2) is 13.4 Å². The number of hydrogen-bond acceptors (Lipinski definition) is 5. The van der Waals surface area contributed by atoms with E-state index in [1.807, 2.05) is 29.8 Å². The van der Waals surface area contributed by atoms with Gasteiger partial charge < -0.3 is 10.3 Å². The van der Waals surface area contributed by atoms with Crippen molar-refractivity contribution in [2.45, 2.75) is 19.3 Å². The highest BCUT2D eigenvalue weighted by Gasteiger charge is 2.10. The molecule has 0 unspecified atom stereocenters. The number of para-hydroxylation sites is 1. The molecule has 0 spiro atoms. The number of aryl methyl sites for hydroxylation is 1. The second kappa shape index (κ2) is 8.91. The van der Waals surface area contributed by atoms with E-state index < -0.39 is 10.0 Å². The first-order chi connectivity index (χ1) is 14.9. The maximum Gasteiger partial charge on any atom is 0.229 e. The molecule has 2 heterocycles. The molecular formula is C22H22N4O3S2. The third-order valence-corrected chi connectivity index (χ3v) is 6.12. The summed E-state index contributed by atoms with van der Waals surface area (Å²) in [6.45, 7) is 0. The van der Waals surface area contributed by atoms with Crippen LogP contribution in [0, 0.1) is 0 Å². The van der Waals surface area contributed by atoms with E-state index >= 15 is 0 Å². The van der Waals surface area contributed by atoms with Gasteiger partial charge in [0.25, 0.3) is 0 Å². The molecule has 0 aliphatic heterocycles. The topological polar surface area (TPSA) is 104 Å². The van der Waals surface area contributed by atoms with E-state index in [4.69, 9.17) is 0 Å². The SMILES string of the molecule is CS(=O)(=O)Nc1ccc(-c2csc(NC(=O)CCCc3c[nH]c4ccccc34)n2)cc1. The minimum atomic E-state index is -3.31. The van der Waals surface area contributed by atoms with Crippen molar-refractivity contribution >= 4 is 49.0 Å². The summed E-state index contributed by atoms with van der Waals surface area (Å²) in [5.41, 5.74) is 4.39. The van der Waals surface area contributed by atoms with Gasteiger partial charge in [-0.2, -0.15) is 0 Å². The smallest absolute Gasteiger partial charge is 0.229 e. The molecule has 4 aromatic rings. The Hall–Kier alpha value is -3.17. The van der Waals surface area contributed by atoms with Gasteiger partial charge in [0.1, 0.15) is 0 Å². The highest BCUT2D eigenvalue weighted by molar-refractivity contribution is 7.92. The number of nitrogens with zero attached hydrogens (tertiary/aromatic N) is 1. The zero-order chi connectivity index (χ0) is 21.8. The van der Waals surface area contributed by atoms with Crippen LogP contribution in [0.5, 0.6) is 0 Å². The molecule has 0 aliphatic carbocycles. The van der Waals surface area contributed by atoms with Crippen molar-refractivity contribution < 1.29 is 13.2 Å². The number of thiazole rings is 1. The van der Waals surface area contributed by atoms with E-state index in [2.05, 4.69) is 26.1 Å². The van der Waals surface area contributed by atoms with E-state index in [9.17, 15) is 13.2 Å². The van der Waals surface area contributed by atoms with Gasteiger partial charge in [-0.15, -0.1) is 11.3 Å². The second-order valence-corrected chi connectivity index (χ2v) is 9.86. The van der Waals surface area contributed by atoms with Crippen molar-refractivity contribution in [1.29, 1.82) is 0 Å². The van der Waals surface area contributed by atoms with Gasteiger partial charge in [-0.1, -0.05) is 30.3 Å². The summed E-state index contributed by atoms with van der Waals surface area (Å²) in [4.78, 5) is 20.0. The maximum atomic E-state index is 12.3. The largest absolute Gasteiger partial charge is 0.361 e. The van der Waals surface area contributed by atoms with Crippen LogP contribution in [0.4, 0.5) is 10.8 Å². The summed E-state index contributed by atoms with van der Waals surface area (Å²) in [7, 11) is -3.31. The fourth-order valence-corrected chi connectivity index (χ4v) is 4.65. The van der Waals surface area contributed by atoms with Crippen LogP contribution in [0.1, 0.15) is 18.4 Å². The Morgan fingerprint density at radius 3 is 2.68 bits per heavy atom. The van der Waals surface area contributed by atoms with Gasteiger partial charge in [0.15, 0.2) is 5.13 Å². The summed E-state index contributed by atoms with van der Waals surface area (Å²) in [6, 6.07) is 15.1. The van der Waals surface area contributed by atoms with E-state index in [1.165, 1.54) is 22.3 Å². The van der Waals surface area contributed by atoms with Gasteiger partial charge >= 0.3 is 0 Å². The number of carbonyl (C=O) groups excluding carboxylic acids is 1. The van der Waals surface area contributed by atoms with E-state index in [0.29, 0.717) is 17.2 Å². The molecule has 2 aromatic carbocycles. The Morgan fingerprint density at radius 2 is 1.90 bits per heavy atom. The van der Waals surface area contributed by atoms with Crippen LogP contribution >= 0.6 is 11.3 Å². The van der Waals surface area contributed by atoms with Crippen molar-refractivity contribution in [3.63, 3.8) is 0 Å². The third-order valence-electron chi connectivity index (χ3n) is 4.76. The molecule has 2 aromatic heterocycles. The zero-order valence-electron chi connectivity index (χ0n) is 16.9. The first kappa shape index (κ1) is 21.1. The molecule has 0 saturated heterocycles. The third kappa shape index (κ3) is 5.50. The molecule has 160 valence electrons. The Labute approximate surface area is 184 Å². The van der Waals surface area contributed by atoms with Crippen LogP contribution in [0.3, 0.4) is 0 Å². The summed E-state index contributed by atoms with van der Waals surface area (Å²) in [5, 5.41) is 6.47. The van der Waals surface area contributed by atoms with Crippen molar-refractivity contribution in [2.24, 2.45) is 0 Å². The van der Waals surface area contributed by atoms with Crippen molar-refractivity contribution in [2.75, 3.05) is 16.3 Å². The summed E-state index contributed by atoms with van der Waals surface area (Å²) >= 11 is 1.36. The minimum absolute atomic E-state index is 0.0616. The Bertz CT molecular complexity index is 1310. The fraction of sp³-hybridized carbons (Fsp3) is 0.182. The lowest BCUT2D eigenvalue weighted by atomic mass is 10.1. The number of sulfonamides is 1. The number of fused-ring (bicyclic) bond motifs is 1. The number of hydrogen-bond donors (Lipinski definition) is 3. The molecule has 0 radical (unpaired) electrons. The fourth-order valence-electron chi connectivity index (χ4n) is 3.35. The van der Waals surface area contributed by atoms with Crippen LogP contribution in [-0.2, 0) is 21.2 Å². The van der Waals surface area contributed by atoms with Crippen LogP contribution in [0.25, 0.3) is 22.2 Å². The normalized spacial score (nSPS) is 11.5. The average Bonchev–Trinajstić information content (AvgIpc) is 3.35. The van der Waals surface area contributed by atoms with Gasteiger partial charge in [0.2, 0.25) is 15.9 Å². The zero-order valence-corrected chi connectivity index (χ0v) is 18.5. The molecule has 9 heteroatoms. The molecule has 0 atom stereocenters. The highest BCUT2D eigenvalue weighted by atomic mass is 32.2. The van der Waals surface area contributed by atoms with E-state index in [0.717, 1.165) is 35.9 Å². The number of nitrogens with one attached hydrogen (secondary N) is 3. The van der Waals surface area contributed by atoms with E-state index in [-0.39, 0.29) is 5.91 Å². The number of benzene rings is 2. The summed E-state index contributed by atoms with van der Waals surface area (Å²) in [6.07, 6.45) is 5.11. The first-order valence-corrected chi connectivity index (χ1v) is 12.5. The number of carbonyl (C=O) groups is 1. The minimum Gasteiger partial charge on any atom is -0.361 e. The van der Waals surface area contributed by atoms with Crippen molar-refractivity contribution in [3.8, 4) is 11.3 Å². The van der Waals surface area contributed by atoms with Crippen LogP contribution in [-0.4, -0.2) is 30.5 Å². The van der Waals surface area contributed by atoms with E-state index in [1.54, 1.807) is 24.3 Å². The van der Waals surface area contributed by atoms with Crippen LogP contribution in [0.2, 0.25) is 0 Å². The standard InChI is InChI=1S/C22H22N4O3S2/c1-31(28,29)26-17-11-9-15(10-12-17)20-14-30-22(24-20)25-21(27)8-4-5-16-13-23-19-7-3-2-6-18(16)19/h2-3,6-7,9-14,23,26H,4-5,8H2,1H3,(H,24,25,27). The lowest BCUT2D eigenvalue weighted by molar-refractivity contribution is -0.116. The quantitative estimate of drug-likeness (QED) is 0.361. The molecule has 3 N–H and O–H groups in total.